The zero-order chi connectivity index (χ0) is 9.14. The number of carbonyl (C=O) groups is 1. The fourth-order valence-corrected chi connectivity index (χ4v) is 1.06. The van der Waals surface area contributed by atoms with Crippen molar-refractivity contribution in [2.75, 3.05) is 11.9 Å². The molecule has 0 aliphatic heterocycles. The van der Waals surface area contributed by atoms with Crippen molar-refractivity contribution in [3.05, 3.63) is 12.0 Å². The van der Waals surface area contributed by atoms with E-state index in [1.807, 2.05) is 14.0 Å². The molecule has 1 aromatic rings. The first-order valence-electron chi connectivity index (χ1n) is 3.93. The molecular weight excluding hydrogens is 154 g/mol. The van der Waals surface area contributed by atoms with E-state index in [0.717, 1.165) is 12.4 Å². The topological polar surface area (TPSA) is 46.9 Å². The molecule has 1 rings (SSSR count). The number of hydrogen-bond donors (Lipinski definition) is 1. The van der Waals surface area contributed by atoms with Crippen LogP contribution in [0.5, 0.6) is 0 Å². The lowest BCUT2D eigenvalue weighted by Crippen LogP contribution is -2.06. The van der Waals surface area contributed by atoms with Gasteiger partial charge in [0.05, 0.1) is 6.33 Å². The van der Waals surface area contributed by atoms with Crippen molar-refractivity contribution < 1.29 is 4.79 Å². The van der Waals surface area contributed by atoms with Gasteiger partial charge in [-0.05, 0) is 6.92 Å². The maximum Gasteiger partial charge on any atom is 0.181 e. The summed E-state index contributed by atoms with van der Waals surface area (Å²) in [6.45, 7) is 4.29. The first-order chi connectivity index (χ1) is 5.66. The zero-order valence-electron chi connectivity index (χ0n) is 7.59. The molecule has 0 aliphatic rings. The highest BCUT2D eigenvalue weighted by atomic mass is 16.1. The number of aromatic nitrogens is 2. The largest absolute Gasteiger partial charge is 0.370 e. The molecule has 4 nitrogen and oxygen atoms in total. The smallest absolute Gasteiger partial charge is 0.181 e. The van der Waals surface area contributed by atoms with Gasteiger partial charge in [-0.1, -0.05) is 0 Å². The number of aryl methyl sites for hydroxylation is 1. The molecule has 4 heteroatoms. The summed E-state index contributed by atoms with van der Waals surface area (Å²) >= 11 is 0. The fraction of sp³-hybridized carbons (Fsp3) is 0.500. The third-order valence-electron chi connectivity index (χ3n) is 1.61. The Morgan fingerprint density at radius 1 is 1.75 bits per heavy atom. The van der Waals surface area contributed by atoms with Gasteiger partial charge in [-0.3, -0.25) is 4.79 Å². The van der Waals surface area contributed by atoms with Gasteiger partial charge < -0.3 is 9.88 Å². The summed E-state index contributed by atoms with van der Waals surface area (Å²) in [6, 6.07) is 0. The molecule has 0 atom stereocenters. The second-order valence-corrected chi connectivity index (χ2v) is 2.64. The molecule has 0 saturated carbocycles. The van der Waals surface area contributed by atoms with E-state index in [0.29, 0.717) is 5.69 Å². The van der Waals surface area contributed by atoms with Crippen LogP contribution in [0.1, 0.15) is 24.3 Å². The van der Waals surface area contributed by atoms with Gasteiger partial charge >= 0.3 is 0 Å². The summed E-state index contributed by atoms with van der Waals surface area (Å²) in [5, 5.41) is 3.09. The predicted octanol–water partition coefficient (Wildman–Crippen LogP) is 1.05. The molecule has 12 heavy (non-hydrogen) atoms. The molecule has 0 amide bonds. The van der Waals surface area contributed by atoms with E-state index < -0.39 is 0 Å². The average Bonchev–Trinajstić information content (AvgIpc) is 2.34. The van der Waals surface area contributed by atoms with Gasteiger partial charge in [0.15, 0.2) is 5.78 Å². The molecular formula is C8H13N3O. The maximum atomic E-state index is 11.0. The number of imidazole rings is 1. The SMILES string of the molecule is CCNc1c(C(C)=O)ncn1C. The number of rotatable bonds is 3. The van der Waals surface area contributed by atoms with E-state index in [1.165, 1.54) is 6.92 Å². The van der Waals surface area contributed by atoms with Crippen molar-refractivity contribution in [3.63, 3.8) is 0 Å². The van der Waals surface area contributed by atoms with E-state index in [2.05, 4.69) is 10.3 Å². The summed E-state index contributed by atoms with van der Waals surface area (Å²) in [5.74, 6) is 0.788. The summed E-state index contributed by atoms with van der Waals surface area (Å²) in [5.41, 5.74) is 0.513. The van der Waals surface area contributed by atoms with E-state index in [1.54, 1.807) is 10.9 Å². The van der Waals surface area contributed by atoms with Crippen LogP contribution >= 0.6 is 0 Å². The van der Waals surface area contributed by atoms with Crippen LogP contribution in [0.15, 0.2) is 6.33 Å². The minimum atomic E-state index is -0.00782. The first-order valence-corrected chi connectivity index (χ1v) is 3.93. The van der Waals surface area contributed by atoms with Crippen LogP contribution in [-0.4, -0.2) is 21.9 Å². The van der Waals surface area contributed by atoms with E-state index in [-0.39, 0.29) is 5.78 Å². The summed E-state index contributed by atoms with van der Waals surface area (Å²) < 4.78 is 1.81. The third-order valence-corrected chi connectivity index (χ3v) is 1.61. The molecule has 0 unspecified atom stereocenters. The monoisotopic (exact) mass is 167 g/mol. The highest BCUT2D eigenvalue weighted by Crippen LogP contribution is 2.12. The fourth-order valence-electron chi connectivity index (χ4n) is 1.06. The number of ketones is 1. The van der Waals surface area contributed by atoms with Crippen LogP contribution in [0.3, 0.4) is 0 Å². The Balaban J connectivity index is 3.03. The number of nitrogens with one attached hydrogen (secondary N) is 1. The second kappa shape index (κ2) is 3.38. The molecule has 1 heterocycles. The van der Waals surface area contributed by atoms with Crippen LogP contribution < -0.4 is 5.32 Å². The van der Waals surface area contributed by atoms with Gasteiger partial charge in [0.1, 0.15) is 11.5 Å². The zero-order valence-corrected chi connectivity index (χ0v) is 7.59. The van der Waals surface area contributed by atoms with Crippen molar-refractivity contribution in [1.82, 2.24) is 9.55 Å². The van der Waals surface area contributed by atoms with Crippen molar-refractivity contribution in [2.45, 2.75) is 13.8 Å². The van der Waals surface area contributed by atoms with Gasteiger partial charge in [0.2, 0.25) is 0 Å². The lowest BCUT2D eigenvalue weighted by Gasteiger charge is -2.04. The van der Waals surface area contributed by atoms with Crippen LogP contribution in [0.25, 0.3) is 0 Å². The Bertz CT molecular complexity index is 290. The second-order valence-electron chi connectivity index (χ2n) is 2.64. The molecule has 0 radical (unpaired) electrons. The van der Waals surface area contributed by atoms with Gasteiger partial charge in [0, 0.05) is 20.5 Å². The molecule has 0 aliphatic carbocycles. The minimum absolute atomic E-state index is 0.00782. The van der Waals surface area contributed by atoms with Gasteiger partial charge in [-0.15, -0.1) is 0 Å². The first kappa shape index (κ1) is 8.77. The standard InChI is InChI=1S/C8H13N3O/c1-4-9-8-7(6(2)12)10-5-11(8)3/h5,9H,4H2,1-3H3. The molecule has 0 aromatic carbocycles. The molecule has 1 aromatic heterocycles. The summed E-state index contributed by atoms with van der Waals surface area (Å²) in [4.78, 5) is 15.0. The lowest BCUT2D eigenvalue weighted by atomic mass is 10.3. The molecule has 66 valence electrons. The highest BCUT2D eigenvalue weighted by molar-refractivity contribution is 5.96. The molecule has 0 saturated heterocycles. The lowest BCUT2D eigenvalue weighted by molar-refractivity contribution is 0.101. The Morgan fingerprint density at radius 2 is 2.42 bits per heavy atom. The molecule has 0 spiro atoms. The number of Topliss-reactive ketones (excluding diaryl/α,β-unsaturated/α-hetero) is 1. The Labute approximate surface area is 71.6 Å². The average molecular weight is 167 g/mol. The number of nitrogens with zero attached hydrogens (tertiary/aromatic N) is 2. The molecule has 0 fully saturated rings. The van der Waals surface area contributed by atoms with E-state index in [4.69, 9.17) is 0 Å². The predicted molar refractivity (Wildman–Crippen MR) is 47.4 cm³/mol. The van der Waals surface area contributed by atoms with Gasteiger partial charge in [0.25, 0.3) is 0 Å². The van der Waals surface area contributed by atoms with Crippen LogP contribution in [0.4, 0.5) is 5.82 Å². The van der Waals surface area contributed by atoms with Crippen molar-refractivity contribution in [2.24, 2.45) is 7.05 Å². The molecule has 1 N–H and O–H groups in total. The van der Waals surface area contributed by atoms with Gasteiger partial charge in [-0.2, -0.15) is 0 Å². The Morgan fingerprint density at radius 3 is 2.92 bits per heavy atom. The Kier molecular flexibility index (Phi) is 2.47. The normalized spacial score (nSPS) is 9.92. The third kappa shape index (κ3) is 1.47. The Hall–Kier alpha value is -1.32. The van der Waals surface area contributed by atoms with Gasteiger partial charge in [-0.25, -0.2) is 4.98 Å². The van der Waals surface area contributed by atoms with Crippen LogP contribution in [-0.2, 0) is 7.05 Å². The number of carbonyl (C=O) groups excluding carboxylic acids is 1. The van der Waals surface area contributed by atoms with Crippen LogP contribution in [0, 0.1) is 0 Å². The quantitative estimate of drug-likeness (QED) is 0.684. The number of hydrogen-bond acceptors (Lipinski definition) is 3. The summed E-state index contributed by atoms with van der Waals surface area (Å²) in [7, 11) is 1.86. The maximum absolute atomic E-state index is 11.0. The minimum Gasteiger partial charge on any atom is -0.370 e. The molecule has 0 bridgehead atoms. The van der Waals surface area contributed by atoms with Crippen LogP contribution in [0.2, 0.25) is 0 Å². The number of anilines is 1. The highest BCUT2D eigenvalue weighted by Gasteiger charge is 2.11. The van der Waals surface area contributed by atoms with E-state index in [9.17, 15) is 4.79 Å². The van der Waals surface area contributed by atoms with Crippen molar-refractivity contribution in [3.8, 4) is 0 Å². The van der Waals surface area contributed by atoms with Crippen molar-refractivity contribution >= 4 is 11.6 Å². The van der Waals surface area contributed by atoms with Crippen molar-refractivity contribution in [1.29, 1.82) is 0 Å². The summed E-state index contributed by atoms with van der Waals surface area (Å²) in [6.07, 6.45) is 1.63. The van der Waals surface area contributed by atoms with E-state index >= 15 is 0 Å².